The lowest BCUT2D eigenvalue weighted by Crippen LogP contribution is -1.86. The highest BCUT2D eigenvalue weighted by molar-refractivity contribution is 14.1. The van der Waals surface area contributed by atoms with E-state index in [4.69, 9.17) is 0 Å². The van der Waals surface area contributed by atoms with Gasteiger partial charge in [-0.2, -0.15) is 0 Å². The quantitative estimate of drug-likeness (QED) is 0.360. The van der Waals surface area contributed by atoms with Gasteiger partial charge in [-0.15, -0.1) is 22.7 Å². The van der Waals surface area contributed by atoms with Crippen molar-refractivity contribution in [2.75, 3.05) is 0 Å². The Kier molecular flexibility index (Phi) is 5.96. The molecule has 2 heterocycles. The van der Waals surface area contributed by atoms with Crippen LogP contribution >= 0.6 is 45.3 Å². The molecule has 18 heavy (non-hydrogen) atoms. The third kappa shape index (κ3) is 3.70. The Morgan fingerprint density at radius 2 is 1.78 bits per heavy atom. The lowest BCUT2D eigenvalue weighted by atomic mass is 10.1. The van der Waals surface area contributed by atoms with Crippen LogP contribution in [-0.2, 0) is 6.42 Å². The summed E-state index contributed by atoms with van der Waals surface area (Å²) in [5.74, 6) is 0. The topological polar surface area (TPSA) is 0 Å². The second-order valence-electron chi connectivity index (χ2n) is 4.92. The number of thiophene rings is 2. The molecule has 3 heteroatoms. The molecule has 0 unspecified atom stereocenters. The molecule has 0 atom stereocenters. The van der Waals surface area contributed by atoms with Crippen LogP contribution in [0.2, 0.25) is 0 Å². The summed E-state index contributed by atoms with van der Waals surface area (Å²) in [7, 11) is 0. The number of rotatable bonds is 7. The summed E-state index contributed by atoms with van der Waals surface area (Å²) in [4.78, 5) is 1.46. The fourth-order valence-corrected chi connectivity index (χ4v) is 6.10. The number of unbranched alkanes of at least 4 members (excludes halogenated alkanes) is 5. The van der Waals surface area contributed by atoms with Gasteiger partial charge in [0.05, 0.1) is 2.88 Å². The van der Waals surface area contributed by atoms with Crippen LogP contribution in [0.4, 0.5) is 0 Å². The summed E-state index contributed by atoms with van der Waals surface area (Å²) in [6, 6.07) is 2.34. The van der Waals surface area contributed by atoms with Crippen molar-refractivity contribution in [1.29, 1.82) is 0 Å². The number of halogens is 1. The largest absolute Gasteiger partial charge is 0.139 e. The molecule has 0 bridgehead atoms. The van der Waals surface area contributed by atoms with E-state index in [2.05, 4.69) is 42.5 Å². The fraction of sp³-hybridized carbons (Fsp3) is 0.600. The Morgan fingerprint density at radius 3 is 2.56 bits per heavy atom. The van der Waals surface area contributed by atoms with Gasteiger partial charge in [-0.1, -0.05) is 39.0 Å². The molecule has 0 radical (unpaired) electrons. The normalized spacial score (nSPS) is 11.5. The van der Waals surface area contributed by atoms with Crippen LogP contribution in [0, 0.1) is 9.81 Å². The zero-order chi connectivity index (χ0) is 13.0. The Hall–Kier alpha value is 0.390. The molecule has 0 aliphatic rings. The maximum absolute atomic E-state index is 2.52. The summed E-state index contributed by atoms with van der Waals surface area (Å²) in [5.41, 5.74) is 1.63. The predicted octanol–water partition coefficient (Wildman–Crippen LogP) is 6.78. The molecule has 0 aliphatic carbocycles. The average Bonchev–Trinajstić information content (AvgIpc) is 2.80. The van der Waals surface area contributed by atoms with E-state index in [9.17, 15) is 0 Å². The van der Waals surface area contributed by atoms with Gasteiger partial charge in [-0.3, -0.25) is 0 Å². The van der Waals surface area contributed by atoms with Gasteiger partial charge < -0.3 is 0 Å². The van der Waals surface area contributed by atoms with Gasteiger partial charge in [0.25, 0.3) is 0 Å². The van der Waals surface area contributed by atoms with Crippen LogP contribution in [0.15, 0.2) is 6.07 Å². The van der Waals surface area contributed by atoms with E-state index in [1.165, 1.54) is 57.4 Å². The minimum atomic E-state index is 1.28. The van der Waals surface area contributed by atoms with Gasteiger partial charge in [-0.05, 0) is 54.0 Å². The molecular weight excluding hydrogens is 371 g/mol. The molecule has 0 aromatic carbocycles. The van der Waals surface area contributed by atoms with E-state index in [1.807, 2.05) is 22.7 Å². The van der Waals surface area contributed by atoms with Crippen LogP contribution in [0.25, 0.3) is 9.40 Å². The van der Waals surface area contributed by atoms with Gasteiger partial charge in [0.15, 0.2) is 0 Å². The highest BCUT2D eigenvalue weighted by Gasteiger charge is 2.12. The van der Waals surface area contributed by atoms with Gasteiger partial charge in [0.1, 0.15) is 0 Å². The van der Waals surface area contributed by atoms with Crippen molar-refractivity contribution in [3.63, 3.8) is 0 Å². The lowest BCUT2D eigenvalue weighted by Gasteiger charge is -2.01. The van der Waals surface area contributed by atoms with E-state index in [0.29, 0.717) is 0 Å². The number of fused-ring (bicyclic) bond motifs is 1. The zero-order valence-corrected chi connectivity index (χ0v) is 15.0. The van der Waals surface area contributed by atoms with Crippen molar-refractivity contribution in [2.24, 2.45) is 0 Å². The third-order valence-electron chi connectivity index (χ3n) is 3.31. The SMILES string of the molecule is CCCCCCCCc1c(I)sc2cc(C)sc12. The Labute approximate surface area is 132 Å². The molecule has 2 aromatic rings. The Balaban J connectivity index is 1.88. The Bertz CT molecular complexity index is 496. The van der Waals surface area contributed by atoms with Gasteiger partial charge in [0.2, 0.25) is 0 Å². The lowest BCUT2D eigenvalue weighted by molar-refractivity contribution is 0.608. The van der Waals surface area contributed by atoms with Crippen molar-refractivity contribution in [3.05, 3.63) is 19.4 Å². The summed E-state index contributed by atoms with van der Waals surface area (Å²) in [6.07, 6.45) is 9.64. The highest BCUT2D eigenvalue weighted by atomic mass is 127. The van der Waals surface area contributed by atoms with Crippen LogP contribution in [-0.4, -0.2) is 0 Å². The van der Waals surface area contributed by atoms with E-state index in [1.54, 1.807) is 10.3 Å². The standard InChI is InChI=1S/C15H21IS2/c1-3-4-5-6-7-8-9-12-14-13(18-15(12)16)10-11(2)17-14/h10H,3-9H2,1-2H3. The molecule has 0 saturated heterocycles. The fourth-order valence-electron chi connectivity index (χ4n) is 2.32. The molecule has 0 amide bonds. The van der Waals surface area contributed by atoms with Gasteiger partial charge in [0, 0.05) is 14.3 Å². The molecule has 100 valence electrons. The van der Waals surface area contributed by atoms with E-state index < -0.39 is 0 Å². The number of hydrogen-bond donors (Lipinski definition) is 0. The maximum atomic E-state index is 2.52. The first-order valence-corrected chi connectivity index (χ1v) is 9.61. The predicted molar refractivity (Wildman–Crippen MR) is 94.2 cm³/mol. The Morgan fingerprint density at radius 1 is 1.06 bits per heavy atom. The van der Waals surface area contributed by atoms with E-state index in [-0.39, 0.29) is 0 Å². The molecular formula is C15H21IS2. The molecule has 0 nitrogen and oxygen atoms in total. The minimum absolute atomic E-state index is 1.28. The van der Waals surface area contributed by atoms with Crippen LogP contribution in [0.5, 0.6) is 0 Å². The third-order valence-corrected chi connectivity index (χ3v) is 6.83. The second-order valence-corrected chi connectivity index (χ2v) is 9.04. The molecule has 0 aliphatic heterocycles. The van der Waals surface area contributed by atoms with E-state index >= 15 is 0 Å². The summed E-state index contributed by atoms with van der Waals surface area (Å²) >= 11 is 6.47. The second kappa shape index (κ2) is 7.25. The van der Waals surface area contributed by atoms with Gasteiger partial charge >= 0.3 is 0 Å². The van der Waals surface area contributed by atoms with Crippen LogP contribution in [0.3, 0.4) is 0 Å². The van der Waals surface area contributed by atoms with Crippen molar-refractivity contribution in [2.45, 2.75) is 58.8 Å². The van der Waals surface area contributed by atoms with Crippen LogP contribution in [0.1, 0.15) is 55.9 Å². The monoisotopic (exact) mass is 392 g/mol. The summed E-state index contributed by atoms with van der Waals surface area (Å²) in [5, 5.41) is 0. The first-order valence-electron chi connectivity index (χ1n) is 6.89. The smallest absolute Gasteiger partial charge is 0.0706 e. The molecule has 0 spiro atoms. The molecule has 2 rings (SSSR count). The first-order chi connectivity index (χ1) is 8.72. The van der Waals surface area contributed by atoms with E-state index in [0.717, 1.165) is 0 Å². The van der Waals surface area contributed by atoms with Crippen molar-refractivity contribution < 1.29 is 0 Å². The van der Waals surface area contributed by atoms with Crippen molar-refractivity contribution >= 4 is 54.7 Å². The molecule has 0 saturated carbocycles. The van der Waals surface area contributed by atoms with Crippen LogP contribution < -0.4 is 0 Å². The van der Waals surface area contributed by atoms with Gasteiger partial charge in [-0.25, -0.2) is 0 Å². The number of aryl methyl sites for hydroxylation is 2. The highest BCUT2D eigenvalue weighted by Crippen LogP contribution is 2.38. The van der Waals surface area contributed by atoms with Crippen molar-refractivity contribution in [1.82, 2.24) is 0 Å². The average molecular weight is 392 g/mol. The molecule has 0 fully saturated rings. The number of hydrogen-bond acceptors (Lipinski definition) is 2. The molecule has 0 N–H and O–H groups in total. The van der Waals surface area contributed by atoms with Crippen molar-refractivity contribution in [3.8, 4) is 0 Å². The summed E-state index contributed by atoms with van der Waals surface area (Å²) < 4.78 is 4.58. The first kappa shape index (κ1) is 14.8. The maximum Gasteiger partial charge on any atom is 0.0706 e. The minimum Gasteiger partial charge on any atom is -0.139 e. The summed E-state index contributed by atoms with van der Waals surface area (Å²) in [6.45, 7) is 4.50. The zero-order valence-electron chi connectivity index (χ0n) is 11.2. The molecule has 2 aromatic heterocycles.